The summed E-state index contributed by atoms with van der Waals surface area (Å²) in [6.07, 6.45) is 5.00. The molecule has 0 unspecified atom stereocenters. The van der Waals surface area contributed by atoms with Crippen molar-refractivity contribution >= 4 is 14.1 Å². The van der Waals surface area contributed by atoms with E-state index in [9.17, 15) is 0 Å². The third kappa shape index (κ3) is 11.5. The van der Waals surface area contributed by atoms with Crippen LogP contribution < -0.4 is 0 Å². The van der Waals surface area contributed by atoms with Crippen molar-refractivity contribution < 1.29 is 0 Å². The molecule has 3 rings (SSSR count). The van der Waals surface area contributed by atoms with Crippen LogP contribution in [-0.2, 0) is 6.42 Å². The lowest BCUT2D eigenvalue weighted by molar-refractivity contribution is 1.11. The predicted molar refractivity (Wildman–Crippen MR) is 122 cm³/mol. The van der Waals surface area contributed by atoms with Crippen LogP contribution in [0.25, 0.3) is 5.65 Å². The van der Waals surface area contributed by atoms with Gasteiger partial charge in [0.1, 0.15) is 5.65 Å². The molecule has 0 saturated carbocycles. The van der Waals surface area contributed by atoms with E-state index >= 15 is 0 Å². The third-order valence-corrected chi connectivity index (χ3v) is 2.64. The number of rotatable bonds is 2. The average Bonchev–Trinajstić information content (AvgIpc) is 3.11. The first kappa shape index (κ1) is 31.7. The lowest BCUT2D eigenvalue weighted by atomic mass is 10.1. The molecule has 2 aromatic heterocycles. The number of hydrogen-bond acceptors (Lipinski definition) is 1. The summed E-state index contributed by atoms with van der Waals surface area (Å²) >= 11 is 0. The summed E-state index contributed by atoms with van der Waals surface area (Å²) in [5.74, 6) is 0. The van der Waals surface area contributed by atoms with Gasteiger partial charge < -0.3 is 4.40 Å². The molecule has 0 saturated heterocycles. The Hall–Kier alpha value is -2.03. The molecule has 0 atom stereocenters. The standard InChI is InChI=1S/C14H12N2.4C2H6.CH4.B/c1-2-6-12(7-3-1)10-13-11-16-9-5-4-8-14(16)15-13;4*1-2;;/h1-9,11H,10H2;4*1-2H3;1H4;. The minimum Gasteiger partial charge on any atom is -0.307 e. The SMILES string of the molecule is C.CC.CC.CC.CC.[B].c1ccc(Cc2cn3ccccc3n2)cc1. The molecule has 2 nitrogen and oxygen atoms in total. The largest absolute Gasteiger partial charge is 0.307 e. The molecule has 1 aromatic carbocycles. The number of imidazole rings is 1. The van der Waals surface area contributed by atoms with E-state index in [2.05, 4.69) is 39.8 Å². The summed E-state index contributed by atoms with van der Waals surface area (Å²) < 4.78 is 2.05. The van der Waals surface area contributed by atoms with Gasteiger partial charge in [-0.25, -0.2) is 4.98 Å². The van der Waals surface area contributed by atoms with Crippen LogP contribution in [0.2, 0.25) is 0 Å². The third-order valence-electron chi connectivity index (χ3n) is 2.64. The van der Waals surface area contributed by atoms with Gasteiger partial charge in [-0.2, -0.15) is 0 Å². The molecular formula is C23H40BN2. The molecule has 0 spiro atoms. The van der Waals surface area contributed by atoms with E-state index in [1.807, 2.05) is 85.9 Å². The highest BCUT2D eigenvalue weighted by Crippen LogP contribution is 2.10. The van der Waals surface area contributed by atoms with E-state index in [4.69, 9.17) is 0 Å². The molecule has 3 aromatic rings. The van der Waals surface area contributed by atoms with Gasteiger partial charge in [-0.05, 0) is 17.7 Å². The van der Waals surface area contributed by atoms with E-state index in [1.54, 1.807) is 0 Å². The number of fused-ring (bicyclic) bond motifs is 1. The Bertz CT molecular complexity index is 571. The fourth-order valence-corrected chi connectivity index (χ4v) is 1.88. The summed E-state index contributed by atoms with van der Waals surface area (Å²) in [5.41, 5.74) is 3.41. The summed E-state index contributed by atoms with van der Waals surface area (Å²) in [4.78, 5) is 4.57. The van der Waals surface area contributed by atoms with Gasteiger partial charge in [-0.1, -0.05) is 99.2 Å². The second-order valence-electron chi connectivity index (χ2n) is 3.86. The zero-order valence-electron chi connectivity index (χ0n) is 17.5. The van der Waals surface area contributed by atoms with Crippen molar-refractivity contribution in [1.82, 2.24) is 9.38 Å². The zero-order chi connectivity index (χ0) is 18.8. The highest BCUT2D eigenvalue weighted by Gasteiger charge is 2.01. The van der Waals surface area contributed by atoms with Crippen LogP contribution in [0, 0.1) is 0 Å². The number of nitrogens with zero attached hydrogens (tertiary/aromatic N) is 2. The Morgan fingerprint density at radius 1 is 0.731 bits per heavy atom. The monoisotopic (exact) mass is 355 g/mol. The second kappa shape index (κ2) is 23.0. The number of benzene rings is 1. The molecule has 0 fully saturated rings. The van der Waals surface area contributed by atoms with E-state index in [1.165, 1.54) is 5.56 Å². The fourth-order valence-electron chi connectivity index (χ4n) is 1.88. The van der Waals surface area contributed by atoms with Crippen LogP contribution in [0.3, 0.4) is 0 Å². The lowest BCUT2D eigenvalue weighted by Crippen LogP contribution is -1.86. The van der Waals surface area contributed by atoms with Gasteiger partial charge >= 0.3 is 0 Å². The van der Waals surface area contributed by atoms with Crippen molar-refractivity contribution in [2.24, 2.45) is 0 Å². The van der Waals surface area contributed by atoms with Crippen molar-refractivity contribution in [3.63, 3.8) is 0 Å². The van der Waals surface area contributed by atoms with Gasteiger partial charge in [-0.15, -0.1) is 0 Å². The molecule has 0 bridgehead atoms. The Balaban J connectivity index is -0.000000216. The van der Waals surface area contributed by atoms with Crippen LogP contribution in [0.15, 0.2) is 60.9 Å². The van der Waals surface area contributed by atoms with Crippen LogP contribution in [0.5, 0.6) is 0 Å². The first-order valence-electron chi connectivity index (χ1n) is 9.38. The second-order valence-corrected chi connectivity index (χ2v) is 3.86. The molecule has 0 amide bonds. The quantitative estimate of drug-likeness (QED) is 0.441. The van der Waals surface area contributed by atoms with Gasteiger partial charge in [-0.3, -0.25) is 0 Å². The highest BCUT2D eigenvalue weighted by molar-refractivity contribution is 5.75. The lowest BCUT2D eigenvalue weighted by Gasteiger charge is -1.95. The van der Waals surface area contributed by atoms with Crippen molar-refractivity contribution in [1.29, 1.82) is 0 Å². The smallest absolute Gasteiger partial charge is 0.136 e. The van der Waals surface area contributed by atoms with E-state index in [0.717, 1.165) is 17.8 Å². The summed E-state index contributed by atoms with van der Waals surface area (Å²) in [6, 6.07) is 16.5. The van der Waals surface area contributed by atoms with Crippen LogP contribution >= 0.6 is 0 Å². The maximum absolute atomic E-state index is 4.57. The molecule has 2 heterocycles. The molecule has 26 heavy (non-hydrogen) atoms. The van der Waals surface area contributed by atoms with Crippen molar-refractivity contribution in [2.75, 3.05) is 0 Å². The summed E-state index contributed by atoms with van der Waals surface area (Å²) in [7, 11) is 0. The number of aromatic nitrogens is 2. The minimum absolute atomic E-state index is 0. The van der Waals surface area contributed by atoms with Crippen molar-refractivity contribution in [2.45, 2.75) is 69.2 Å². The first-order valence-corrected chi connectivity index (χ1v) is 9.38. The zero-order valence-corrected chi connectivity index (χ0v) is 17.5. The number of pyridine rings is 1. The van der Waals surface area contributed by atoms with Gasteiger partial charge in [0.25, 0.3) is 0 Å². The Kier molecular flexibility index (Phi) is 28.0. The Morgan fingerprint density at radius 3 is 1.73 bits per heavy atom. The van der Waals surface area contributed by atoms with E-state index in [0.29, 0.717) is 0 Å². The summed E-state index contributed by atoms with van der Waals surface area (Å²) in [6.45, 7) is 16.0. The van der Waals surface area contributed by atoms with Crippen LogP contribution in [-0.4, -0.2) is 17.8 Å². The van der Waals surface area contributed by atoms with Gasteiger partial charge in [0.05, 0.1) is 5.69 Å². The normalized spacial score (nSPS) is 7.54. The first-order chi connectivity index (χ1) is 11.9. The van der Waals surface area contributed by atoms with Crippen LogP contribution in [0.4, 0.5) is 0 Å². The Labute approximate surface area is 165 Å². The van der Waals surface area contributed by atoms with E-state index < -0.39 is 0 Å². The van der Waals surface area contributed by atoms with E-state index in [-0.39, 0.29) is 15.8 Å². The molecule has 3 heteroatoms. The highest BCUT2D eigenvalue weighted by atomic mass is 15.0. The molecular weight excluding hydrogens is 315 g/mol. The van der Waals surface area contributed by atoms with Crippen LogP contribution in [0.1, 0.15) is 74.1 Å². The molecule has 3 radical (unpaired) electrons. The van der Waals surface area contributed by atoms with Gasteiger partial charge in [0.2, 0.25) is 0 Å². The Morgan fingerprint density at radius 2 is 1.23 bits per heavy atom. The molecule has 0 N–H and O–H groups in total. The topological polar surface area (TPSA) is 17.3 Å². The molecule has 0 aliphatic carbocycles. The predicted octanol–water partition coefficient (Wildman–Crippen LogP) is 7.29. The van der Waals surface area contributed by atoms with Gasteiger partial charge in [0, 0.05) is 27.2 Å². The van der Waals surface area contributed by atoms with Gasteiger partial charge in [0.15, 0.2) is 0 Å². The average molecular weight is 355 g/mol. The molecule has 0 aliphatic heterocycles. The molecule has 0 aliphatic rings. The fraction of sp³-hybridized carbons (Fsp3) is 0.435. The summed E-state index contributed by atoms with van der Waals surface area (Å²) in [5, 5.41) is 0. The number of hydrogen-bond donors (Lipinski definition) is 0. The maximum Gasteiger partial charge on any atom is 0.136 e. The molecule has 145 valence electrons. The minimum atomic E-state index is 0. The maximum atomic E-state index is 4.57. The van der Waals surface area contributed by atoms with Crippen molar-refractivity contribution in [3.8, 4) is 0 Å². The van der Waals surface area contributed by atoms with Crippen molar-refractivity contribution in [3.05, 3.63) is 72.2 Å².